The zero-order valence-electron chi connectivity index (χ0n) is 9.01. The average Bonchev–Trinajstić information content (AvgIpc) is 2.58. The molecule has 1 aromatic heterocycles. The molecule has 1 aromatic rings. The van der Waals surface area contributed by atoms with E-state index in [1.807, 2.05) is 13.8 Å². The maximum absolute atomic E-state index is 8.89. The predicted molar refractivity (Wildman–Crippen MR) is 57.2 cm³/mol. The van der Waals surface area contributed by atoms with E-state index in [0.29, 0.717) is 11.8 Å². The molecule has 0 spiro atoms. The third-order valence-electron chi connectivity index (χ3n) is 1.65. The molecule has 1 heterocycles. The van der Waals surface area contributed by atoms with E-state index >= 15 is 0 Å². The molecule has 1 rings (SSSR count). The number of thioether (sulfide) groups is 1. The number of hydrogen-bond donors (Lipinski definition) is 1. The number of nitriles is 1. The standard InChI is InChI=1S/C8H14N6S/c1-6(2)10-7(4-9)5-15-8-11-12-13-14(8)3/h6-7,10H,5H2,1-3H3. The zero-order valence-corrected chi connectivity index (χ0v) is 9.82. The van der Waals surface area contributed by atoms with Gasteiger partial charge in [0.05, 0.1) is 6.07 Å². The number of hydrogen-bond acceptors (Lipinski definition) is 6. The molecule has 0 radical (unpaired) electrons. The molecular formula is C8H14N6S. The van der Waals surface area contributed by atoms with Crippen molar-refractivity contribution in [3.63, 3.8) is 0 Å². The second-order valence-electron chi connectivity index (χ2n) is 3.40. The van der Waals surface area contributed by atoms with Crippen LogP contribution in [0.1, 0.15) is 13.8 Å². The maximum atomic E-state index is 8.89. The fraction of sp³-hybridized carbons (Fsp3) is 0.750. The molecule has 1 atom stereocenters. The molecule has 0 amide bonds. The van der Waals surface area contributed by atoms with Crippen LogP contribution in [-0.4, -0.2) is 38.0 Å². The molecule has 0 saturated heterocycles. The lowest BCUT2D eigenvalue weighted by atomic mass is 10.3. The van der Waals surface area contributed by atoms with Crippen molar-refractivity contribution in [3.8, 4) is 6.07 Å². The van der Waals surface area contributed by atoms with Gasteiger partial charge in [-0.05, 0) is 24.3 Å². The number of nitrogens with zero attached hydrogens (tertiary/aromatic N) is 5. The van der Waals surface area contributed by atoms with Gasteiger partial charge in [-0.25, -0.2) is 4.68 Å². The smallest absolute Gasteiger partial charge is 0.209 e. The largest absolute Gasteiger partial charge is 0.299 e. The Bertz CT molecular complexity index is 341. The number of aryl methyl sites for hydroxylation is 1. The first-order valence-corrected chi connectivity index (χ1v) is 5.63. The predicted octanol–water partition coefficient (Wildman–Crippen LogP) is 0.192. The first-order chi connectivity index (χ1) is 7.13. The molecule has 0 aliphatic rings. The summed E-state index contributed by atoms with van der Waals surface area (Å²) >= 11 is 1.47. The Morgan fingerprint density at radius 1 is 1.60 bits per heavy atom. The van der Waals surface area contributed by atoms with Crippen molar-refractivity contribution in [1.29, 1.82) is 5.26 Å². The summed E-state index contributed by atoms with van der Waals surface area (Å²) in [5.41, 5.74) is 0. The van der Waals surface area contributed by atoms with Crippen LogP contribution in [0.3, 0.4) is 0 Å². The van der Waals surface area contributed by atoms with Crippen molar-refractivity contribution in [1.82, 2.24) is 25.5 Å². The van der Waals surface area contributed by atoms with Gasteiger partial charge in [0.25, 0.3) is 0 Å². The van der Waals surface area contributed by atoms with Gasteiger partial charge in [0, 0.05) is 18.8 Å². The summed E-state index contributed by atoms with van der Waals surface area (Å²) in [6.45, 7) is 4.03. The summed E-state index contributed by atoms with van der Waals surface area (Å²) in [5, 5.41) is 23.8. The van der Waals surface area contributed by atoms with Crippen LogP contribution < -0.4 is 5.32 Å². The van der Waals surface area contributed by atoms with Crippen LogP contribution in [0.15, 0.2) is 5.16 Å². The van der Waals surface area contributed by atoms with E-state index in [4.69, 9.17) is 5.26 Å². The van der Waals surface area contributed by atoms with E-state index in [1.54, 1.807) is 11.7 Å². The fourth-order valence-corrected chi connectivity index (χ4v) is 1.83. The highest BCUT2D eigenvalue weighted by atomic mass is 32.2. The van der Waals surface area contributed by atoms with E-state index in [2.05, 4.69) is 26.9 Å². The highest BCUT2D eigenvalue weighted by Crippen LogP contribution is 2.13. The first kappa shape index (κ1) is 11.9. The highest BCUT2D eigenvalue weighted by molar-refractivity contribution is 7.99. The van der Waals surface area contributed by atoms with Gasteiger partial charge in [0.15, 0.2) is 0 Å². The third-order valence-corrected chi connectivity index (χ3v) is 2.75. The summed E-state index contributed by atoms with van der Waals surface area (Å²) in [5.74, 6) is 0.642. The van der Waals surface area contributed by atoms with Crippen LogP contribution in [0, 0.1) is 11.3 Å². The Labute approximate surface area is 93.0 Å². The Hall–Kier alpha value is -1.13. The van der Waals surface area contributed by atoms with Gasteiger partial charge in [-0.15, -0.1) is 5.10 Å². The summed E-state index contributed by atoms with van der Waals surface area (Å²) in [4.78, 5) is 0. The van der Waals surface area contributed by atoms with Crippen molar-refractivity contribution >= 4 is 11.8 Å². The minimum atomic E-state index is -0.174. The SMILES string of the molecule is CC(C)NC(C#N)CSc1nnnn1C. The Kier molecular flexibility index (Phi) is 4.52. The lowest BCUT2D eigenvalue weighted by Crippen LogP contribution is -2.35. The number of rotatable bonds is 5. The molecule has 15 heavy (non-hydrogen) atoms. The molecule has 0 aliphatic carbocycles. The zero-order chi connectivity index (χ0) is 11.3. The molecule has 0 saturated carbocycles. The normalized spacial score (nSPS) is 12.7. The van der Waals surface area contributed by atoms with Crippen LogP contribution >= 0.6 is 11.8 Å². The lowest BCUT2D eigenvalue weighted by Gasteiger charge is -2.13. The third kappa shape index (κ3) is 3.85. The van der Waals surface area contributed by atoms with Crippen LogP contribution in [0.5, 0.6) is 0 Å². The van der Waals surface area contributed by atoms with Gasteiger partial charge in [0.2, 0.25) is 5.16 Å². The van der Waals surface area contributed by atoms with Crippen LogP contribution in [0.2, 0.25) is 0 Å². The number of nitrogens with one attached hydrogen (secondary N) is 1. The molecule has 1 unspecified atom stereocenters. The fourth-order valence-electron chi connectivity index (χ4n) is 1.03. The first-order valence-electron chi connectivity index (χ1n) is 4.64. The second-order valence-corrected chi connectivity index (χ2v) is 4.39. The average molecular weight is 226 g/mol. The van der Waals surface area contributed by atoms with E-state index in [0.717, 1.165) is 5.16 Å². The van der Waals surface area contributed by atoms with Crippen LogP contribution in [-0.2, 0) is 7.05 Å². The van der Waals surface area contributed by atoms with E-state index in [1.165, 1.54) is 11.8 Å². The molecule has 82 valence electrons. The lowest BCUT2D eigenvalue weighted by molar-refractivity contribution is 0.559. The summed E-state index contributed by atoms with van der Waals surface area (Å²) in [6.07, 6.45) is 0. The minimum Gasteiger partial charge on any atom is -0.299 e. The number of tetrazole rings is 1. The van der Waals surface area contributed by atoms with Gasteiger partial charge in [-0.3, -0.25) is 5.32 Å². The van der Waals surface area contributed by atoms with Gasteiger partial charge in [-0.2, -0.15) is 5.26 Å². The Morgan fingerprint density at radius 2 is 2.33 bits per heavy atom. The number of aromatic nitrogens is 4. The van der Waals surface area contributed by atoms with E-state index < -0.39 is 0 Å². The van der Waals surface area contributed by atoms with Crippen LogP contribution in [0.4, 0.5) is 0 Å². The molecule has 7 heteroatoms. The van der Waals surface area contributed by atoms with Gasteiger partial charge < -0.3 is 0 Å². The van der Waals surface area contributed by atoms with E-state index in [9.17, 15) is 0 Å². The Morgan fingerprint density at radius 3 is 2.80 bits per heavy atom. The minimum absolute atomic E-state index is 0.174. The van der Waals surface area contributed by atoms with Gasteiger partial charge >= 0.3 is 0 Å². The van der Waals surface area contributed by atoms with Crippen molar-refractivity contribution in [3.05, 3.63) is 0 Å². The molecule has 0 aromatic carbocycles. The van der Waals surface area contributed by atoms with Crippen LogP contribution in [0.25, 0.3) is 0 Å². The van der Waals surface area contributed by atoms with E-state index in [-0.39, 0.29) is 6.04 Å². The Balaban J connectivity index is 2.42. The van der Waals surface area contributed by atoms with Crippen molar-refractivity contribution in [2.45, 2.75) is 31.1 Å². The highest BCUT2D eigenvalue weighted by Gasteiger charge is 2.11. The molecule has 0 fully saturated rings. The molecule has 0 bridgehead atoms. The summed E-state index contributed by atoms with van der Waals surface area (Å²) in [6, 6.07) is 2.33. The van der Waals surface area contributed by atoms with Crippen molar-refractivity contribution < 1.29 is 0 Å². The second kappa shape index (κ2) is 5.68. The van der Waals surface area contributed by atoms with Crippen molar-refractivity contribution in [2.75, 3.05) is 5.75 Å². The summed E-state index contributed by atoms with van der Waals surface area (Å²) < 4.78 is 1.59. The molecule has 0 aliphatic heterocycles. The molecular weight excluding hydrogens is 212 g/mol. The van der Waals surface area contributed by atoms with Gasteiger partial charge in [0.1, 0.15) is 6.04 Å². The van der Waals surface area contributed by atoms with Crippen molar-refractivity contribution in [2.24, 2.45) is 7.05 Å². The quantitative estimate of drug-likeness (QED) is 0.722. The maximum Gasteiger partial charge on any atom is 0.209 e. The van der Waals surface area contributed by atoms with Gasteiger partial charge in [-0.1, -0.05) is 11.8 Å². The molecule has 1 N–H and O–H groups in total. The topological polar surface area (TPSA) is 79.4 Å². The summed E-state index contributed by atoms with van der Waals surface area (Å²) in [7, 11) is 1.78. The monoisotopic (exact) mass is 226 g/mol. The molecule has 6 nitrogen and oxygen atoms in total.